The third-order valence-electron chi connectivity index (χ3n) is 7.62. The number of benzene rings is 1. The van der Waals surface area contributed by atoms with Gasteiger partial charge in [-0.15, -0.1) is 0 Å². The van der Waals surface area contributed by atoms with Gasteiger partial charge in [0, 0.05) is 0 Å². The maximum Gasteiger partial charge on any atom is 0.459 e. The van der Waals surface area contributed by atoms with Crippen LogP contribution in [0, 0.1) is 5.92 Å². The minimum atomic E-state index is -4.24. The van der Waals surface area contributed by atoms with Crippen molar-refractivity contribution < 1.29 is 37.7 Å². The molecule has 3 aromatic rings. The molecule has 1 aliphatic heterocycles. The van der Waals surface area contributed by atoms with Gasteiger partial charge in [0.2, 0.25) is 11.8 Å². The number of fused-ring (bicyclic) bond motifs is 1. The van der Waals surface area contributed by atoms with Crippen LogP contribution in [0.4, 0.5) is 5.95 Å². The second kappa shape index (κ2) is 14.8. The van der Waals surface area contributed by atoms with E-state index in [0.29, 0.717) is 5.52 Å². The lowest BCUT2D eigenvalue weighted by molar-refractivity contribution is -0.146. The van der Waals surface area contributed by atoms with E-state index >= 15 is 0 Å². The number of nitrogens with one attached hydrogen (secondary N) is 1. The van der Waals surface area contributed by atoms with Gasteiger partial charge in [-0.05, 0) is 44.7 Å². The molecule has 1 fully saturated rings. The van der Waals surface area contributed by atoms with Crippen molar-refractivity contribution in [2.75, 3.05) is 26.1 Å². The Morgan fingerprint density at radius 1 is 1.22 bits per heavy atom. The zero-order chi connectivity index (χ0) is 32.8. The summed E-state index contributed by atoms with van der Waals surface area (Å²) in [7, 11) is -2.81. The number of aromatic nitrogens is 4. The molecule has 0 radical (unpaired) electrons. The zero-order valence-corrected chi connectivity index (χ0v) is 27.2. The number of rotatable bonds is 16. The molecular weight excluding hydrogens is 605 g/mol. The van der Waals surface area contributed by atoms with Crippen molar-refractivity contribution in [3.05, 3.63) is 36.7 Å². The monoisotopic (exact) mass is 649 g/mol. The summed E-state index contributed by atoms with van der Waals surface area (Å²) in [6.45, 7) is 7.13. The molecular formula is C29H44N7O8P. The number of anilines is 1. The summed E-state index contributed by atoms with van der Waals surface area (Å²) in [5, 5.41) is 13.9. The Morgan fingerprint density at radius 3 is 2.56 bits per heavy atom. The van der Waals surface area contributed by atoms with Gasteiger partial charge in [-0.2, -0.15) is 15.1 Å². The lowest BCUT2D eigenvalue weighted by atomic mass is 9.93. The molecule has 6 N–H and O–H groups in total. The smallest absolute Gasteiger partial charge is 0.459 e. The van der Waals surface area contributed by atoms with Gasteiger partial charge < -0.3 is 35.3 Å². The highest BCUT2D eigenvalue weighted by atomic mass is 31.2. The molecule has 1 unspecified atom stereocenters. The van der Waals surface area contributed by atoms with E-state index < -0.39 is 50.3 Å². The number of esters is 1. The number of ether oxygens (including phenoxy) is 3. The average molecular weight is 650 g/mol. The predicted octanol–water partition coefficient (Wildman–Crippen LogP) is 3.33. The van der Waals surface area contributed by atoms with E-state index in [2.05, 4.69) is 33.9 Å². The first-order valence-corrected chi connectivity index (χ1v) is 16.6. The van der Waals surface area contributed by atoms with Crippen LogP contribution in [0.3, 0.4) is 0 Å². The van der Waals surface area contributed by atoms with Crippen molar-refractivity contribution >= 4 is 30.8 Å². The van der Waals surface area contributed by atoms with Crippen molar-refractivity contribution in [3.8, 4) is 11.6 Å². The molecule has 16 heteroatoms. The number of carbonyl (C=O) groups excluding carboxylic acids is 1. The van der Waals surface area contributed by atoms with Crippen LogP contribution >= 0.6 is 7.75 Å². The SMILES string of the molecule is CCCC(CCC)COC(=O)[C@H](C)NP(=O)(OC[C@H]1O[C@@H](n2cnc3c(OC)nc(N)nc32)[C@](C)(N)[C@@H]1O)Oc1ccccc1. The van der Waals surface area contributed by atoms with Gasteiger partial charge >= 0.3 is 13.7 Å². The molecule has 0 amide bonds. The first-order valence-electron chi connectivity index (χ1n) is 15.0. The molecule has 45 heavy (non-hydrogen) atoms. The lowest BCUT2D eigenvalue weighted by Gasteiger charge is -2.28. The Labute approximate surface area is 262 Å². The van der Waals surface area contributed by atoms with Crippen molar-refractivity contribution in [1.82, 2.24) is 24.6 Å². The van der Waals surface area contributed by atoms with E-state index in [1.54, 1.807) is 37.3 Å². The Morgan fingerprint density at radius 2 is 1.91 bits per heavy atom. The Hall–Kier alpha value is -3.33. The van der Waals surface area contributed by atoms with Gasteiger partial charge in [0.25, 0.3) is 0 Å². The summed E-state index contributed by atoms with van der Waals surface area (Å²) >= 11 is 0. The van der Waals surface area contributed by atoms with Crippen molar-refractivity contribution in [3.63, 3.8) is 0 Å². The average Bonchev–Trinajstić information content (AvgIpc) is 3.51. The quantitative estimate of drug-likeness (QED) is 0.130. The van der Waals surface area contributed by atoms with Gasteiger partial charge in [-0.25, -0.2) is 9.55 Å². The summed E-state index contributed by atoms with van der Waals surface area (Å²) < 4.78 is 44.1. The van der Waals surface area contributed by atoms with E-state index in [0.717, 1.165) is 25.7 Å². The number of nitrogen functional groups attached to an aromatic ring is 1. The number of hydrogen-bond donors (Lipinski definition) is 4. The summed E-state index contributed by atoms with van der Waals surface area (Å²) in [6.07, 6.45) is 1.93. The van der Waals surface area contributed by atoms with Gasteiger partial charge in [0.1, 0.15) is 24.0 Å². The third kappa shape index (κ3) is 8.10. The molecule has 1 aromatic carbocycles. The fourth-order valence-corrected chi connectivity index (χ4v) is 6.78. The molecule has 15 nitrogen and oxygen atoms in total. The minimum absolute atomic E-state index is 0.0535. The molecule has 0 aliphatic carbocycles. The van der Waals surface area contributed by atoms with Gasteiger partial charge in [-0.3, -0.25) is 13.9 Å². The maximum absolute atomic E-state index is 14.1. The Balaban J connectivity index is 1.50. The third-order valence-corrected chi connectivity index (χ3v) is 9.26. The van der Waals surface area contributed by atoms with E-state index in [9.17, 15) is 14.5 Å². The summed E-state index contributed by atoms with van der Waals surface area (Å²) in [5.74, 6) is 0.00371. The van der Waals surface area contributed by atoms with Crippen molar-refractivity contribution in [1.29, 1.82) is 0 Å². The molecule has 248 valence electrons. The highest BCUT2D eigenvalue weighted by Crippen LogP contribution is 2.47. The van der Waals surface area contributed by atoms with Crippen LogP contribution in [0.1, 0.15) is 59.6 Å². The number of nitrogens with two attached hydrogens (primary N) is 2. The minimum Gasteiger partial charge on any atom is -0.479 e. The van der Waals surface area contributed by atoms with Crippen LogP contribution in [0.25, 0.3) is 11.2 Å². The summed E-state index contributed by atoms with van der Waals surface area (Å²) in [6, 6.07) is 7.33. The van der Waals surface area contributed by atoms with Gasteiger partial charge in [-0.1, -0.05) is 44.9 Å². The number of aliphatic hydroxyl groups excluding tert-OH is 1. The number of para-hydroxylation sites is 1. The predicted molar refractivity (Wildman–Crippen MR) is 166 cm³/mol. The highest BCUT2D eigenvalue weighted by molar-refractivity contribution is 7.52. The number of carbonyl (C=O) groups is 1. The number of imidazole rings is 1. The van der Waals surface area contributed by atoms with Crippen LogP contribution in [0.5, 0.6) is 11.6 Å². The number of methoxy groups -OCH3 is 1. The molecule has 1 aliphatic rings. The number of aliphatic hydroxyl groups is 1. The van der Waals surface area contributed by atoms with Crippen molar-refractivity contribution in [2.24, 2.45) is 11.7 Å². The first kappa shape index (κ1) is 34.5. The molecule has 2 aromatic heterocycles. The topological polar surface area (TPSA) is 208 Å². The van der Waals surface area contributed by atoms with Crippen LogP contribution in [-0.4, -0.2) is 74.7 Å². The largest absolute Gasteiger partial charge is 0.479 e. The molecule has 0 spiro atoms. The van der Waals surface area contributed by atoms with E-state index in [1.165, 1.54) is 24.9 Å². The number of nitrogens with zero attached hydrogens (tertiary/aromatic N) is 4. The van der Waals surface area contributed by atoms with Crippen LogP contribution in [0.2, 0.25) is 0 Å². The van der Waals surface area contributed by atoms with Gasteiger partial charge in [0.05, 0.1) is 32.2 Å². The van der Waals surface area contributed by atoms with E-state index in [1.807, 2.05) is 0 Å². The second-order valence-corrected chi connectivity index (χ2v) is 13.1. The highest BCUT2D eigenvalue weighted by Gasteiger charge is 2.53. The summed E-state index contributed by atoms with van der Waals surface area (Å²) in [5.41, 5.74) is 11.7. The fraction of sp³-hybridized carbons (Fsp3) is 0.586. The summed E-state index contributed by atoms with van der Waals surface area (Å²) in [4.78, 5) is 25.5. The standard InChI is InChI=1S/C29H44N7O8P/c1-6-11-19(12-7-2)15-41-26(38)18(3)35-45(39,44-20-13-9-8-10-14-20)42-16-21-23(37)29(4,31)27(43-21)36-17-32-22-24(36)33-28(30)34-25(22)40-5/h8-10,13-14,17-19,21,23,27,37H,6-7,11-12,15-16,31H2,1-5H3,(H,35,39)(H2,30,33,34)/t18-,21+,23+,27+,29+,45?/m0/s1. The van der Waals surface area contributed by atoms with Crippen LogP contribution < -0.4 is 25.8 Å². The molecule has 3 heterocycles. The lowest BCUT2D eigenvalue weighted by Crippen LogP contribution is -2.52. The molecule has 0 bridgehead atoms. The van der Waals surface area contributed by atoms with Crippen LogP contribution in [0.15, 0.2) is 36.7 Å². The first-order chi connectivity index (χ1) is 21.4. The van der Waals surface area contributed by atoms with E-state index in [4.69, 9.17) is 34.7 Å². The van der Waals surface area contributed by atoms with Crippen LogP contribution in [-0.2, 0) is 23.4 Å². The molecule has 1 saturated heterocycles. The Bertz CT molecular complexity index is 1470. The van der Waals surface area contributed by atoms with Crippen molar-refractivity contribution in [2.45, 2.75) is 83.4 Å². The second-order valence-electron chi connectivity index (χ2n) is 11.4. The zero-order valence-electron chi connectivity index (χ0n) is 26.3. The van der Waals surface area contributed by atoms with Gasteiger partial charge in [0.15, 0.2) is 17.4 Å². The molecule has 6 atom stereocenters. The molecule has 0 saturated carbocycles. The number of hydrogen-bond acceptors (Lipinski definition) is 13. The molecule has 4 rings (SSSR count). The normalized spacial score (nSPS) is 23.6. The fourth-order valence-electron chi connectivity index (χ4n) is 5.27. The maximum atomic E-state index is 14.1. The van der Waals surface area contributed by atoms with E-state index in [-0.39, 0.29) is 35.7 Å². The Kier molecular flexibility index (Phi) is 11.4.